The lowest BCUT2D eigenvalue weighted by atomic mass is 10.1. The second kappa shape index (κ2) is 4.16. The molecule has 2 nitrogen and oxygen atoms in total. The highest BCUT2D eigenvalue weighted by molar-refractivity contribution is 5.82. The fourth-order valence-corrected chi connectivity index (χ4v) is 1.47. The van der Waals surface area contributed by atoms with Crippen molar-refractivity contribution in [3.05, 3.63) is 12.2 Å². The van der Waals surface area contributed by atoms with Gasteiger partial charge < -0.3 is 4.90 Å². The van der Waals surface area contributed by atoms with Crippen molar-refractivity contribution in [2.45, 2.75) is 12.6 Å². The van der Waals surface area contributed by atoms with Gasteiger partial charge in [-0.2, -0.15) is 22.0 Å². The van der Waals surface area contributed by atoms with Crippen LogP contribution in [0.3, 0.4) is 0 Å². The van der Waals surface area contributed by atoms with Gasteiger partial charge in [-0.1, -0.05) is 0 Å². The van der Waals surface area contributed by atoms with E-state index in [9.17, 15) is 26.7 Å². The van der Waals surface area contributed by atoms with Gasteiger partial charge in [0, 0.05) is 19.0 Å². The summed E-state index contributed by atoms with van der Waals surface area (Å²) in [7, 11) is 0. The minimum absolute atomic E-state index is 0.132. The van der Waals surface area contributed by atoms with Gasteiger partial charge in [0.1, 0.15) is 0 Å². The Morgan fingerprint density at radius 1 is 1.33 bits per heavy atom. The summed E-state index contributed by atoms with van der Waals surface area (Å²) in [6.07, 6.45) is -6.13. The number of nitrogens with zero attached hydrogens (tertiary/aromatic N) is 1. The van der Waals surface area contributed by atoms with Gasteiger partial charge >= 0.3 is 12.1 Å². The molecular weight excluding hydrogens is 221 g/mol. The highest BCUT2D eigenvalue weighted by Crippen LogP contribution is 2.25. The zero-order chi connectivity index (χ0) is 11.6. The van der Waals surface area contributed by atoms with E-state index in [2.05, 4.69) is 0 Å². The summed E-state index contributed by atoms with van der Waals surface area (Å²) in [6.45, 7) is -0.428. The third-order valence-corrected chi connectivity index (χ3v) is 2.12. The smallest absolute Gasteiger partial charge is 0.334 e. The largest absolute Gasteiger partial charge is 0.471 e. The van der Waals surface area contributed by atoms with E-state index in [1.54, 1.807) is 0 Å². The molecule has 1 rings (SSSR count). The molecule has 0 unspecified atom stereocenters. The average molecular weight is 229 g/mol. The van der Waals surface area contributed by atoms with Gasteiger partial charge in [0.15, 0.2) is 0 Å². The van der Waals surface area contributed by atoms with Crippen LogP contribution in [-0.4, -0.2) is 30.1 Å². The van der Waals surface area contributed by atoms with Crippen molar-refractivity contribution in [2.24, 2.45) is 5.92 Å². The third-order valence-electron chi connectivity index (χ3n) is 2.12. The molecule has 0 bridgehead atoms. The second-order valence-corrected chi connectivity index (χ2v) is 3.25. The lowest BCUT2D eigenvalue weighted by molar-refractivity contribution is -0.184. The van der Waals surface area contributed by atoms with E-state index in [0.29, 0.717) is 11.0 Å². The molecule has 0 aromatic heterocycles. The molecule has 86 valence electrons. The summed E-state index contributed by atoms with van der Waals surface area (Å²) in [5.74, 6) is -2.64. The molecule has 1 heterocycles. The van der Waals surface area contributed by atoms with Crippen LogP contribution in [0.5, 0.6) is 0 Å². The number of hydrogen-bond donors (Lipinski definition) is 0. The van der Waals surface area contributed by atoms with E-state index in [1.165, 1.54) is 0 Å². The summed E-state index contributed by atoms with van der Waals surface area (Å²) < 4.78 is 59.4. The predicted octanol–water partition coefficient (Wildman–Crippen LogP) is 2.18. The molecule has 1 aliphatic rings. The Balaban J connectivity index is 2.57. The molecule has 1 saturated heterocycles. The standard InChI is InChI=1S/C8H8F5NO/c9-6(10)3-5-1-2-14(4-5)7(15)8(11,12)13/h3,5H,1-2,4H2/t5-/m0/s1. The number of amides is 1. The highest BCUT2D eigenvalue weighted by Gasteiger charge is 2.44. The topological polar surface area (TPSA) is 20.3 Å². The van der Waals surface area contributed by atoms with Gasteiger partial charge in [-0.25, -0.2) is 0 Å². The van der Waals surface area contributed by atoms with Crippen molar-refractivity contribution in [1.82, 2.24) is 4.90 Å². The molecule has 1 aliphatic heterocycles. The van der Waals surface area contributed by atoms with Crippen molar-refractivity contribution in [3.8, 4) is 0 Å². The normalized spacial score (nSPS) is 21.7. The quantitative estimate of drug-likeness (QED) is 0.631. The van der Waals surface area contributed by atoms with E-state index in [-0.39, 0.29) is 19.5 Å². The Bertz CT molecular complexity index is 281. The molecule has 15 heavy (non-hydrogen) atoms. The van der Waals surface area contributed by atoms with Gasteiger partial charge in [-0.05, 0) is 12.5 Å². The molecule has 1 atom stereocenters. The number of carbonyl (C=O) groups is 1. The van der Waals surface area contributed by atoms with Crippen LogP contribution in [0, 0.1) is 5.92 Å². The Morgan fingerprint density at radius 3 is 2.40 bits per heavy atom. The van der Waals surface area contributed by atoms with Crippen LogP contribution in [-0.2, 0) is 4.79 Å². The third kappa shape index (κ3) is 3.17. The van der Waals surface area contributed by atoms with Crippen LogP contribution in [0.1, 0.15) is 6.42 Å². The first-order valence-electron chi connectivity index (χ1n) is 4.19. The number of likely N-dealkylation sites (tertiary alicyclic amines) is 1. The number of rotatable bonds is 1. The van der Waals surface area contributed by atoms with Crippen LogP contribution in [0.4, 0.5) is 22.0 Å². The Kier molecular flexibility index (Phi) is 3.31. The van der Waals surface area contributed by atoms with Crippen LogP contribution in [0.25, 0.3) is 0 Å². The summed E-state index contributed by atoms with van der Waals surface area (Å²) in [5.41, 5.74) is 0. The Morgan fingerprint density at radius 2 is 1.93 bits per heavy atom. The fraction of sp³-hybridized carbons (Fsp3) is 0.625. The van der Waals surface area contributed by atoms with Crippen molar-refractivity contribution in [1.29, 1.82) is 0 Å². The molecular formula is C8H8F5NO. The molecule has 0 aromatic rings. The highest BCUT2D eigenvalue weighted by atomic mass is 19.4. The van der Waals surface area contributed by atoms with E-state index in [1.807, 2.05) is 0 Å². The van der Waals surface area contributed by atoms with E-state index >= 15 is 0 Å². The number of hydrogen-bond acceptors (Lipinski definition) is 1. The lowest BCUT2D eigenvalue weighted by Crippen LogP contribution is -2.39. The minimum Gasteiger partial charge on any atom is -0.334 e. The van der Waals surface area contributed by atoms with Crippen molar-refractivity contribution in [3.63, 3.8) is 0 Å². The summed E-state index contributed by atoms with van der Waals surface area (Å²) in [4.78, 5) is 11.2. The summed E-state index contributed by atoms with van der Waals surface area (Å²) in [5, 5.41) is 0. The first-order chi connectivity index (χ1) is 6.80. The average Bonchev–Trinajstić information content (AvgIpc) is 2.48. The summed E-state index contributed by atoms with van der Waals surface area (Å²) >= 11 is 0. The maximum Gasteiger partial charge on any atom is 0.471 e. The Labute approximate surface area is 82.3 Å². The number of carbonyl (C=O) groups excluding carboxylic acids is 1. The molecule has 0 saturated carbocycles. The van der Waals surface area contributed by atoms with Gasteiger partial charge in [0.2, 0.25) is 0 Å². The zero-order valence-electron chi connectivity index (χ0n) is 7.52. The van der Waals surface area contributed by atoms with E-state index in [4.69, 9.17) is 0 Å². The first kappa shape index (κ1) is 11.9. The molecule has 1 amide bonds. The fourth-order valence-electron chi connectivity index (χ4n) is 1.47. The van der Waals surface area contributed by atoms with Crippen molar-refractivity contribution < 1.29 is 26.7 Å². The number of halogens is 5. The van der Waals surface area contributed by atoms with Crippen LogP contribution in [0.2, 0.25) is 0 Å². The van der Waals surface area contributed by atoms with Crippen LogP contribution >= 0.6 is 0 Å². The minimum atomic E-state index is -4.92. The monoisotopic (exact) mass is 229 g/mol. The molecule has 0 radical (unpaired) electrons. The molecule has 0 aliphatic carbocycles. The Hall–Kier alpha value is -1.14. The molecule has 1 fully saturated rings. The maximum absolute atomic E-state index is 11.9. The van der Waals surface area contributed by atoms with Gasteiger partial charge in [-0.3, -0.25) is 4.79 Å². The number of alkyl halides is 3. The van der Waals surface area contributed by atoms with Crippen LogP contribution < -0.4 is 0 Å². The first-order valence-corrected chi connectivity index (χ1v) is 4.19. The lowest BCUT2D eigenvalue weighted by Gasteiger charge is -2.17. The van der Waals surface area contributed by atoms with Gasteiger partial charge in [-0.15, -0.1) is 0 Å². The summed E-state index contributed by atoms with van der Waals surface area (Å²) in [6, 6.07) is 0. The maximum atomic E-state index is 11.9. The van der Waals surface area contributed by atoms with Gasteiger partial charge in [0.05, 0.1) is 0 Å². The molecule has 0 aromatic carbocycles. The van der Waals surface area contributed by atoms with Crippen LogP contribution in [0.15, 0.2) is 12.2 Å². The zero-order valence-corrected chi connectivity index (χ0v) is 7.52. The van der Waals surface area contributed by atoms with Crippen molar-refractivity contribution >= 4 is 5.91 Å². The van der Waals surface area contributed by atoms with E-state index < -0.39 is 24.1 Å². The second-order valence-electron chi connectivity index (χ2n) is 3.25. The van der Waals surface area contributed by atoms with Gasteiger partial charge in [0.25, 0.3) is 6.08 Å². The van der Waals surface area contributed by atoms with Crippen molar-refractivity contribution in [2.75, 3.05) is 13.1 Å². The predicted molar refractivity (Wildman–Crippen MR) is 41.0 cm³/mol. The molecule has 7 heteroatoms. The molecule has 0 N–H and O–H groups in total. The SMILES string of the molecule is O=C(N1CC[C@@H](C=C(F)F)C1)C(F)(F)F. The molecule has 0 spiro atoms. The van der Waals surface area contributed by atoms with E-state index in [0.717, 1.165) is 0 Å².